The molecular weight excluding hydrogens is 250 g/mol. The molecule has 0 aromatic heterocycles. The van der Waals surface area contributed by atoms with Crippen LogP contribution in [-0.2, 0) is 19.1 Å². The number of hydrogen-bond donors (Lipinski definition) is 1. The highest BCUT2D eigenvalue weighted by Gasteiger charge is 2.54. The van der Waals surface area contributed by atoms with Gasteiger partial charge in [0.2, 0.25) is 0 Å². The van der Waals surface area contributed by atoms with Crippen LogP contribution in [0.5, 0.6) is 0 Å². The molecule has 1 atom stereocenters. The van der Waals surface area contributed by atoms with Crippen molar-refractivity contribution in [2.75, 3.05) is 13.2 Å². The van der Waals surface area contributed by atoms with Gasteiger partial charge in [0.05, 0.1) is 11.5 Å². The summed E-state index contributed by atoms with van der Waals surface area (Å²) in [6.45, 7) is 8.76. The van der Waals surface area contributed by atoms with E-state index in [2.05, 4.69) is 0 Å². The molecule has 110 valence electrons. The molecule has 19 heavy (non-hydrogen) atoms. The number of hydroxylamine groups is 2. The molecule has 1 saturated heterocycles. The zero-order valence-electron chi connectivity index (χ0n) is 12.2. The third-order valence-electron chi connectivity index (χ3n) is 3.59. The highest BCUT2D eigenvalue weighted by molar-refractivity contribution is 5.74. The Bertz CT molecular complexity index is 364. The van der Waals surface area contributed by atoms with Gasteiger partial charge in [-0.2, -0.15) is 5.06 Å². The molecule has 6 heteroatoms. The summed E-state index contributed by atoms with van der Waals surface area (Å²) in [4.78, 5) is 22.6. The van der Waals surface area contributed by atoms with Gasteiger partial charge in [-0.25, -0.2) is 0 Å². The summed E-state index contributed by atoms with van der Waals surface area (Å²) in [7, 11) is 0. The van der Waals surface area contributed by atoms with E-state index in [1.54, 1.807) is 13.8 Å². The van der Waals surface area contributed by atoms with Crippen molar-refractivity contribution < 1.29 is 24.3 Å². The lowest BCUT2D eigenvalue weighted by atomic mass is 9.87. The minimum Gasteiger partial charge on any atom is -0.462 e. The van der Waals surface area contributed by atoms with Crippen molar-refractivity contribution in [3.05, 3.63) is 0 Å². The quantitative estimate of drug-likeness (QED) is 0.615. The maximum Gasteiger partial charge on any atom is 0.311 e. The second-order valence-electron chi connectivity index (χ2n) is 6.04. The van der Waals surface area contributed by atoms with Gasteiger partial charge in [0.15, 0.2) is 0 Å². The van der Waals surface area contributed by atoms with Gasteiger partial charge in [-0.1, -0.05) is 0 Å². The van der Waals surface area contributed by atoms with E-state index in [-0.39, 0.29) is 19.2 Å². The lowest BCUT2D eigenvalue weighted by molar-refractivity contribution is -0.200. The molecule has 1 fully saturated rings. The number of hydrogen-bond acceptors (Lipinski definition) is 6. The van der Waals surface area contributed by atoms with Crippen molar-refractivity contribution >= 4 is 11.9 Å². The molecule has 1 N–H and O–H groups in total. The third-order valence-corrected chi connectivity index (χ3v) is 3.59. The predicted molar refractivity (Wildman–Crippen MR) is 67.5 cm³/mol. The Morgan fingerprint density at radius 3 is 2.16 bits per heavy atom. The van der Waals surface area contributed by atoms with Crippen molar-refractivity contribution in [2.24, 2.45) is 5.92 Å². The molecule has 1 aliphatic rings. The van der Waals surface area contributed by atoms with Crippen LogP contribution in [0.2, 0.25) is 0 Å². The molecule has 0 amide bonds. The van der Waals surface area contributed by atoms with E-state index in [9.17, 15) is 14.8 Å². The predicted octanol–water partition coefficient (Wildman–Crippen LogP) is 1.36. The molecule has 1 aliphatic heterocycles. The summed E-state index contributed by atoms with van der Waals surface area (Å²) in [6, 6.07) is 0. The summed E-state index contributed by atoms with van der Waals surface area (Å²) in [6.07, 6.45) is 0.517. The number of rotatable bonds is 4. The highest BCUT2D eigenvalue weighted by atomic mass is 16.6. The summed E-state index contributed by atoms with van der Waals surface area (Å²) < 4.78 is 9.79. The van der Waals surface area contributed by atoms with Crippen LogP contribution in [0.4, 0.5) is 0 Å². The summed E-state index contributed by atoms with van der Waals surface area (Å²) in [5.41, 5.74) is -1.15. The van der Waals surface area contributed by atoms with Gasteiger partial charge in [-0.15, -0.1) is 0 Å². The van der Waals surface area contributed by atoms with Gasteiger partial charge in [0.25, 0.3) is 0 Å². The van der Waals surface area contributed by atoms with Crippen molar-refractivity contribution in [3.8, 4) is 0 Å². The Morgan fingerprint density at radius 1 is 1.21 bits per heavy atom. The van der Waals surface area contributed by atoms with Crippen LogP contribution in [0.1, 0.15) is 41.0 Å². The third kappa shape index (κ3) is 3.45. The van der Waals surface area contributed by atoms with Crippen LogP contribution >= 0.6 is 0 Å². The van der Waals surface area contributed by atoms with E-state index < -0.39 is 23.0 Å². The lowest BCUT2D eigenvalue weighted by Crippen LogP contribution is -2.48. The maximum absolute atomic E-state index is 12.0. The number of esters is 2. The lowest BCUT2D eigenvalue weighted by Gasteiger charge is -2.35. The van der Waals surface area contributed by atoms with Gasteiger partial charge < -0.3 is 14.7 Å². The highest BCUT2D eigenvalue weighted by Crippen LogP contribution is 2.43. The van der Waals surface area contributed by atoms with Crippen molar-refractivity contribution in [3.63, 3.8) is 0 Å². The Kier molecular flexibility index (Phi) is 4.58. The van der Waals surface area contributed by atoms with Crippen molar-refractivity contribution in [1.82, 2.24) is 5.06 Å². The van der Waals surface area contributed by atoms with Gasteiger partial charge >= 0.3 is 11.9 Å². The minimum atomic E-state index is -0.679. The number of nitrogens with zero attached hydrogens (tertiary/aromatic N) is 1. The molecule has 6 nitrogen and oxygen atoms in total. The average molecular weight is 273 g/mol. The molecule has 0 saturated carbocycles. The molecule has 0 bridgehead atoms. The molecule has 1 rings (SSSR count). The molecule has 0 aromatic rings. The van der Waals surface area contributed by atoms with Gasteiger partial charge in [-0.3, -0.25) is 9.59 Å². The first-order valence-electron chi connectivity index (χ1n) is 6.38. The SMILES string of the molecule is CC(=O)OCCOC(=O)C1CC(C)(C)N(O)C1(C)C. The standard InChI is InChI=1S/C13H23NO5/c1-9(15)18-6-7-19-11(16)10-8-12(2,3)14(17)13(10,4)5/h10,17H,6-8H2,1-5H3. The fourth-order valence-corrected chi connectivity index (χ4v) is 2.56. The zero-order chi connectivity index (χ0) is 14.8. The molecule has 1 unspecified atom stereocenters. The van der Waals surface area contributed by atoms with Crippen LogP contribution in [0.15, 0.2) is 0 Å². The van der Waals surface area contributed by atoms with Crippen LogP contribution in [-0.4, -0.2) is 46.5 Å². The van der Waals surface area contributed by atoms with Gasteiger partial charge in [0.1, 0.15) is 13.2 Å². The monoisotopic (exact) mass is 273 g/mol. The van der Waals surface area contributed by atoms with Gasteiger partial charge in [-0.05, 0) is 34.1 Å². The molecule has 0 radical (unpaired) electrons. The Balaban J connectivity index is 2.56. The fraction of sp³-hybridized carbons (Fsp3) is 0.846. The fourth-order valence-electron chi connectivity index (χ4n) is 2.56. The van der Waals surface area contributed by atoms with Crippen molar-refractivity contribution in [1.29, 1.82) is 0 Å². The summed E-state index contributed by atoms with van der Waals surface area (Å²) >= 11 is 0. The first-order chi connectivity index (χ1) is 8.59. The van der Waals surface area contributed by atoms with E-state index in [1.807, 2.05) is 13.8 Å². The molecule has 0 aliphatic carbocycles. The summed E-state index contributed by atoms with van der Waals surface area (Å²) in [5.74, 6) is -1.19. The smallest absolute Gasteiger partial charge is 0.311 e. The molecule has 0 aromatic carbocycles. The minimum absolute atomic E-state index is 0.0385. The Hall–Kier alpha value is -1.14. The van der Waals surface area contributed by atoms with E-state index in [1.165, 1.54) is 12.0 Å². The van der Waals surface area contributed by atoms with E-state index >= 15 is 0 Å². The largest absolute Gasteiger partial charge is 0.462 e. The van der Waals surface area contributed by atoms with Crippen LogP contribution < -0.4 is 0 Å². The topological polar surface area (TPSA) is 76.1 Å². The van der Waals surface area contributed by atoms with E-state index in [0.717, 1.165) is 0 Å². The van der Waals surface area contributed by atoms with Crippen LogP contribution in [0.25, 0.3) is 0 Å². The normalized spacial score (nSPS) is 25.1. The van der Waals surface area contributed by atoms with Gasteiger partial charge in [0, 0.05) is 12.5 Å². The first kappa shape index (κ1) is 15.9. The number of carbonyl (C=O) groups excluding carboxylic acids is 2. The Labute approximate surface area is 113 Å². The van der Waals surface area contributed by atoms with Crippen LogP contribution in [0, 0.1) is 5.92 Å². The first-order valence-corrected chi connectivity index (χ1v) is 6.38. The Morgan fingerprint density at radius 2 is 1.74 bits per heavy atom. The molecular formula is C13H23NO5. The van der Waals surface area contributed by atoms with E-state index in [0.29, 0.717) is 6.42 Å². The second-order valence-corrected chi connectivity index (χ2v) is 6.04. The summed E-state index contributed by atoms with van der Waals surface area (Å²) in [5, 5.41) is 11.3. The second kappa shape index (κ2) is 5.46. The van der Waals surface area contributed by atoms with Crippen molar-refractivity contribution in [2.45, 2.75) is 52.1 Å². The number of ether oxygens (including phenoxy) is 2. The molecule has 0 spiro atoms. The van der Waals surface area contributed by atoms with Crippen LogP contribution in [0.3, 0.4) is 0 Å². The zero-order valence-corrected chi connectivity index (χ0v) is 12.2. The van der Waals surface area contributed by atoms with E-state index in [4.69, 9.17) is 9.47 Å². The number of carbonyl (C=O) groups is 2. The average Bonchev–Trinajstić information content (AvgIpc) is 2.45. The maximum atomic E-state index is 12.0. The molecule has 1 heterocycles.